The number of aromatic nitrogens is 1. The van der Waals surface area contributed by atoms with Crippen molar-refractivity contribution in [2.75, 3.05) is 24.1 Å². The first-order valence-electron chi connectivity index (χ1n) is 13.9. The van der Waals surface area contributed by atoms with Gasteiger partial charge in [-0.1, -0.05) is 31.1 Å². The number of hydrogen-bond acceptors (Lipinski definition) is 7. The van der Waals surface area contributed by atoms with Crippen LogP contribution in [0, 0.1) is 5.92 Å². The maximum absolute atomic E-state index is 14.1. The lowest BCUT2D eigenvalue weighted by Crippen LogP contribution is -2.44. The third-order valence-corrected chi connectivity index (χ3v) is 9.12. The van der Waals surface area contributed by atoms with Crippen LogP contribution in [0.25, 0.3) is 0 Å². The number of pyridine rings is 1. The van der Waals surface area contributed by atoms with Crippen LogP contribution < -0.4 is 13.8 Å². The standard InChI is InChI=1S/C29H35F3N2O7S/c1-19-4-2-5-20(14-19)6-3-7-21-8-10-25-24(15-21)34(18-23(41-25)9-11-27(36)37)42(38,39)26-16-22(29(30,31)32)17-33-28(26)40-13-12-35/h6,8,10,15-17,19,23,35H,2-5,7,9,11-14,18H2,1H3,(H,36,37)/b20-6+/t19?,23-/m0/s1. The molecule has 0 spiro atoms. The Kier molecular flexibility index (Phi) is 10.0. The van der Waals surface area contributed by atoms with Crippen LogP contribution in [-0.2, 0) is 27.4 Å². The van der Waals surface area contributed by atoms with Gasteiger partial charge in [0.05, 0.1) is 24.4 Å². The SMILES string of the molecule is CC1CCC/C(=C\CCc2ccc3c(c2)N(S(=O)(=O)c2cc(C(F)(F)F)cnc2OCCO)C[C@H](CCC(=O)O)O3)C1. The molecule has 4 rings (SSSR count). The van der Waals surface area contributed by atoms with E-state index < -0.39 is 51.2 Å². The lowest BCUT2D eigenvalue weighted by Gasteiger charge is -2.36. The van der Waals surface area contributed by atoms with E-state index in [-0.39, 0.29) is 37.4 Å². The smallest absolute Gasteiger partial charge is 0.417 e. The van der Waals surface area contributed by atoms with Gasteiger partial charge in [0.2, 0.25) is 5.88 Å². The van der Waals surface area contributed by atoms with Crippen molar-refractivity contribution in [1.82, 2.24) is 4.98 Å². The number of ether oxygens (including phenoxy) is 2. The number of benzene rings is 1. The molecule has 2 heterocycles. The van der Waals surface area contributed by atoms with Crippen molar-refractivity contribution in [3.05, 3.63) is 53.2 Å². The lowest BCUT2D eigenvalue weighted by atomic mass is 9.86. The third-order valence-electron chi connectivity index (χ3n) is 7.35. The van der Waals surface area contributed by atoms with Crippen LogP contribution in [0.4, 0.5) is 18.9 Å². The van der Waals surface area contributed by atoms with Crippen LogP contribution in [-0.4, -0.2) is 55.4 Å². The van der Waals surface area contributed by atoms with Gasteiger partial charge in [-0.15, -0.1) is 0 Å². The Hall–Kier alpha value is -3.32. The van der Waals surface area contributed by atoms with Gasteiger partial charge in [0.1, 0.15) is 18.5 Å². The van der Waals surface area contributed by atoms with E-state index in [1.807, 2.05) is 0 Å². The molecule has 2 atom stereocenters. The molecule has 1 aromatic heterocycles. The number of alkyl halides is 3. The minimum atomic E-state index is -4.88. The molecule has 2 aromatic rings. The highest BCUT2D eigenvalue weighted by Crippen LogP contribution is 2.41. The number of carboxylic acid groups (broad SMARTS) is 1. The summed E-state index contributed by atoms with van der Waals surface area (Å²) in [7, 11) is -4.73. The van der Waals surface area contributed by atoms with E-state index in [2.05, 4.69) is 18.0 Å². The van der Waals surface area contributed by atoms with Gasteiger partial charge in [-0.05, 0) is 68.2 Å². The number of sulfonamides is 1. The summed E-state index contributed by atoms with van der Waals surface area (Å²) >= 11 is 0. The molecule has 230 valence electrons. The van der Waals surface area contributed by atoms with E-state index in [9.17, 15) is 26.4 Å². The monoisotopic (exact) mass is 612 g/mol. The number of rotatable bonds is 11. The molecular weight excluding hydrogens is 577 g/mol. The van der Waals surface area contributed by atoms with Gasteiger partial charge in [0.25, 0.3) is 10.0 Å². The normalized spacial score (nSPS) is 20.2. The third kappa shape index (κ3) is 7.74. The maximum atomic E-state index is 14.1. The largest absolute Gasteiger partial charge is 0.486 e. The number of allylic oxidation sites excluding steroid dienone is 2. The van der Waals surface area contributed by atoms with Crippen molar-refractivity contribution in [3.8, 4) is 11.6 Å². The number of aryl methyl sites for hydroxylation is 1. The first-order valence-corrected chi connectivity index (χ1v) is 15.4. The Balaban J connectivity index is 1.71. The summed E-state index contributed by atoms with van der Waals surface area (Å²) in [5.41, 5.74) is 1.06. The van der Waals surface area contributed by atoms with Crippen LogP contribution in [0.15, 0.2) is 47.0 Å². The topological polar surface area (TPSA) is 126 Å². The van der Waals surface area contributed by atoms with Gasteiger partial charge >= 0.3 is 12.1 Å². The Morgan fingerprint density at radius 3 is 2.76 bits per heavy atom. The van der Waals surface area contributed by atoms with Gasteiger partial charge in [-0.25, -0.2) is 13.4 Å². The van der Waals surface area contributed by atoms with Crippen LogP contribution in [0.2, 0.25) is 0 Å². The molecule has 0 bridgehead atoms. The summed E-state index contributed by atoms with van der Waals surface area (Å²) in [6.07, 6.45) is 2.48. The van der Waals surface area contributed by atoms with Crippen molar-refractivity contribution >= 4 is 21.7 Å². The number of aliphatic hydroxyl groups is 1. The highest BCUT2D eigenvalue weighted by molar-refractivity contribution is 7.93. The summed E-state index contributed by atoms with van der Waals surface area (Å²) in [5, 5.41) is 18.3. The number of hydrogen-bond donors (Lipinski definition) is 2. The zero-order chi connectivity index (χ0) is 30.5. The van der Waals surface area contributed by atoms with Gasteiger partial charge in [0, 0.05) is 12.6 Å². The summed E-state index contributed by atoms with van der Waals surface area (Å²) in [5.74, 6) is -0.870. The fraction of sp³-hybridized carbons (Fsp3) is 0.517. The number of aliphatic carboxylic acids is 1. The molecule has 0 amide bonds. The predicted octanol–water partition coefficient (Wildman–Crippen LogP) is 5.36. The molecule has 0 radical (unpaired) electrons. The molecule has 1 aliphatic heterocycles. The van der Waals surface area contributed by atoms with Crippen molar-refractivity contribution in [2.24, 2.45) is 5.92 Å². The highest BCUT2D eigenvalue weighted by atomic mass is 32.2. The molecule has 1 aliphatic carbocycles. The second kappa shape index (κ2) is 13.3. The van der Waals surface area contributed by atoms with E-state index in [1.165, 1.54) is 12.0 Å². The first-order chi connectivity index (χ1) is 19.9. The van der Waals surface area contributed by atoms with Crippen molar-refractivity contribution < 1.29 is 46.1 Å². The molecule has 2 N–H and O–H groups in total. The predicted molar refractivity (Wildman–Crippen MR) is 148 cm³/mol. The summed E-state index contributed by atoms with van der Waals surface area (Å²) in [6, 6.07) is 5.49. The van der Waals surface area contributed by atoms with Crippen LogP contribution in [0.5, 0.6) is 11.6 Å². The zero-order valence-corrected chi connectivity index (χ0v) is 24.1. The fourth-order valence-electron chi connectivity index (χ4n) is 5.27. The minimum Gasteiger partial charge on any atom is -0.486 e. The van der Waals surface area contributed by atoms with Gasteiger partial charge in [-0.2, -0.15) is 13.2 Å². The first kappa shape index (κ1) is 31.6. The molecule has 1 fully saturated rings. The molecule has 1 saturated carbocycles. The van der Waals surface area contributed by atoms with E-state index in [1.54, 1.807) is 18.2 Å². The molecule has 13 heteroatoms. The lowest BCUT2D eigenvalue weighted by molar-refractivity contribution is -0.138. The molecule has 9 nitrogen and oxygen atoms in total. The number of anilines is 1. The quantitative estimate of drug-likeness (QED) is 0.325. The number of aliphatic hydroxyl groups excluding tert-OH is 1. The van der Waals surface area contributed by atoms with E-state index in [0.29, 0.717) is 24.6 Å². The molecule has 1 aromatic carbocycles. The summed E-state index contributed by atoms with van der Waals surface area (Å²) < 4.78 is 80.9. The fourth-order valence-corrected chi connectivity index (χ4v) is 6.88. The zero-order valence-electron chi connectivity index (χ0n) is 23.3. The Morgan fingerprint density at radius 1 is 1.29 bits per heavy atom. The molecule has 1 unspecified atom stereocenters. The molecular formula is C29H35F3N2O7S. The van der Waals surface area contributed by atoms with Crippen molar-refractivity contribution in [1.29, 1.82) is 0 Å². The second-order valence-electron chi connectivity index (χ2n) is 10.7. The number of fused-ring (bicyclic) bond motifs is 1. The number of halogens is 3. The Morgan fingerprint density at radius 2 is 2.07 bits per heavy atom. The molecule has 0 saturated heterocycles. The number of nitrogens with zero attached hydrogens (tertiary/aromatic N) is 2. The Bertz CT molecular complexity index is 1410. The van der Waals surface area contributed by atoms with Gasteiger partial charge < -0.3 is 19.7 Å². The average molecular weight is 613 g/mol. The van der Waals surface area contributed by atoms with Gasteiger partial charge in [0.15, 0.2) is 4.90 Å². The summed E-state index contributed by atoms with van der Waals surface area (Å²) in [6.45, 7) is 0.998. The number of carbonyl (C=O) groups is 1. The van der Waals surface area contributed by atoms with Crippen LogP contribution in [0.1, 0.15) is 63.0 Å². The van der Waals surface area contributed by atoms with Crippen molar-refractivity contribution in [2.45, 2.75) is 75.5 Å². The summed E-state index contributed by atoms with van der Waals surface area (Å²) in [4.78, 5) is 14.0. The second-order valence-corrected chi connectivity index (χ2v) is 12.5. The molecule has 2 aliphatic rings. The van der Waals surface area contributed by atoms with E-state index >= 15 is 0 Å². The average Bonchev–Trinajstić information content (AvgIpc) is 2.94. The van der Waals surface area contributed by atoms with E-state index in [0.717, 1.165) is 35.6 Å². The van der Waals surface area contributed by atoms with E-state index in [4.69, 9.17) is 19.7 Å². The maximum Gasteiger partial charge on any atom is 0.417 e. The highest BCUT2D eigenvalue weighted by Gasteiger charge is 2.39. The number of carboxylic acids is 1. The van der Waals surface area contributed by atoms with Crippen LogP contribution >= 0.6 is 0 Å². The van der Waals surface area contributed by atoms with Crippen LogP contribution in [0.3, 0.4) is 0 Å². The minimum absolute atomic E-state index is 0.0246. The molecule has 42 heavy (non-hydrogen) atoms. The van der Waals surface area contributed by atoms with Crippen molar-refractivity contribution in [3.63, 3.8) is 0 Å². The Labute approximate surface area is 243 Å². The van der Waals surface area contributed by atoms with Gasteiger partial charge in [-0.3, -0.25) is 9.10 Å².